The van der Waals surface area contributed by atoms with Crippen LogP contribution >= 0.6 is 0 Å². The van der Waals surface area contributed by atoms with Crippen LogP contribution in [-0.4, -0.2) is 46.3 Å². The number of β-amino-alcohol motifs (C(OH)–C–C–N with tert-alkyl or cyclic N) is 1. The molecule has 0 bridgehead atoms. The van der Waals surface area contributed by atoms with Gasteiger partial charge in [0, 0.05) is 19.1 Å². The first-order valence-electron chi connectivity index (χ1n) is 4.67. The van der Waals surface area contributed by atoms with E-state index in [1.165, 1.54) is 0 Å². The Hall–Kier alpha value is -0.610. The minimum absolute atomic E-state index is 0.00894. The predicted molar refractivity (Wildman–Crippen MR) is 48.5 cm³/mol. The highest BCUT2D eigenvalue weighted by Gasteiger charge is 2.30. The van der Waals surface area contributed by atoms with Gasteiger partial charge in [0.25, 0.3) is 0 Å². The van der Waals surface area contributed by atoms with Crippen molar-refractivity contribution < 1.29 is 15.0 Å². The summed E-state index contributed by atoms with van der Waals surface area (Å²) in [5.41, 5.74) is 0. The molecule has 2 unspecified atom stereocenters. The van der Waals surface area contributed by atoms with Crippen molar-refractivity contribution in [2.24, 2.45) is 5.92 Å². The minimum atomic E-state index is -0.770. The third-order valence-electron chi connectivity index (χ3n) is 2.88. The molecular weight excluding hydrogens is 170 g/mol. The summed E-state index contributed by atoms with van der Waals surface area (Å²) in [7, 11) is 0. The number of likely N-dealkylation sites (tertiary alicyclic amines) is 1. The van der Waals surface area contributed by atoms with Crippen molar-refractivity contribution in [1.29, 1.82) is 0 Å². The van der Waals surface area contributed by atoms with Crippen molar-refractivity contribution in [3.8, 4) is 0 Å². The van der Waals surface area contributed by atoms with Crippen LogP contribution < -0.4 is 0 Å². The molecule has 0 aromatic heterocycles. The molecule has 0 saturated carbocycles. The predicted octanol–water partition coefficient (Wildman–Crippen LogP) is 0.162. The standard InChI is InChI=1S/C9H17NO3/c1-6(9(12)13)7(2)10-4-3-8(11)5-10/h6-8,11H,3-5H2,1-2H3,(H,12,13)/t6?,7?,8-/m1/s1. The van der Waals surface area contributed by atoms with Crippen LogP contribution in [0.2, 0.25) is 0 Å². The van der Waals surface area contributed by atoms with Crippen LogP contribution in [0.5, 0.6) is 0 Å². The largest absolute Gasteiger partial charge is 0.481 e. The second kappa shape index (κ2) is 4.07. The molecular formula is C9H17NO3. The first kappa shape index (κ1) is 10.5. The van der Waals surface area contributed by atoms with E-state index in [1.54, 1.807) is 6.92 Å². The third kappa shape index (κ3) is 2.42. The number of aliphatic hydroxyl groups excluding tert-OH is 1. The number of hydrogen-bond donors (Lipinski definition) is 2. The quantitative estimate of drug-likeness (QED) is 0.661. The minimum Gasteiger partial charge on any atom is -0.481 e. The zero-order chi connectivity index (χ0) is 10.0. The van der Waals surface area contributed by atoms with Crippen LogP contribution in [0.3, 0.4) is 0 Å². The molecule has 0 aromatic carbocycles. The number of carboxylic acid groups (broad SMARTS) is 1. The van der Waals surface area contributed by atoms with Crippen LogP contribution in [0.25, 0.3) is 0 Å². The SMILES string of the molecule is CC(C(=O)O)C(C)N1CC[C@@H](O)C1. The Labute approximate surface area is 78.2 Å². The van der Waals surface area contributed by atoms with Gasteiger partial charge in [0.15, 0.2) is 0 Å². The van der Waals surface area contributed by atoms with Gasteiger partial charge >= 0.3 is 5.97 Å². The van der Waals surface area contributed by atoms with Crippen molar-refractivity contribution in [2.75, 3.05) is 13.1 Å². The third-order valence-corrected chi connectivity index (χ3v) is 2.88. The fourth-order valence-corrected chi connectivity index (χ4v) is 1.66. The number of nitrogens with zero attached hydrogens (tertiary/aromatic N) is 1. The molecule has 3 atom stereocenters. The highest BCUT2D eigenvalue weighted by molar-refractivity contribution is 5.70. The highest BCUT2D eigenvalue weighted by Crippen LogP contribution is 2.17. The molecule has 1 aliphatic rings. The van der Waals surface area contributed by atoms with E-state index < -0.39 is 5.97 Å². The first-order valence-corrected chi connectivity index (χ1v) is 4.67. The maximum atomic E-state index is 10.7. The summed E-state index contributed by atoms with van der Waals surface area (Å²) in [6.07, 6.45) is 0.486. The number of aliphatic hydroxyl groups is 1. The van der Waals surface area contributed by atoms with Gasteiger partial charge in [0.05, 0.1) is 12.0 Å². The molecule has 0 aliphatic carbocycles. The van der Waals surface area contributed by atoms with Gasteiger partial charge in [0.2, 0.25) is 0 Å². The Kier molecular flexibility index (Phi) is 3.27. The van der Waals surface area contributed by atoms with Gasteiger partial charge in [-0.05, 0) is 13.3 Å². The Morgan fingerprint density at radius 1 is 1.54 bits per heavy atom. The second-order valence-corrected chi connectivity index (χ2v) is 3.80. The summed E-state index contributed by atoms with van der Waals surface area (Å²) in [6, 6.07) is 0.00894. The summed E-state index contributed by atoms with van der Waals surface area (Å²) in [6.45, 7) is 5.02. The Balaban J connectivity index is 2.47. The van der Waals surface area contributed by atoms with Crippen LogP contribution in [-0.2, 0) is 4.79 Å². The molecule has 0 radical (unpaired) electrons. The molecule has 4 nitrogen and oxygen atoms in total. The zero-order valence-corrected chi connectivity index (χ0v) is 8.10. The fourth-order valence-electron chi connectivity index (χ4n) is 1.66. The van der Waals surface area contributed by atoms with Crippen molar-refractivity contribution >= 4 is 5.97 Å². The highest BCUT2D eigenvalue weighted by atomic mass is 16.4. The van der Waals surface area contributed by atoms with E-state index in [2.05, 4.69) is 0 Å². The van der Waals surface area contributed by atoms with Crippen LogP contribution in [0.15, 0.2) is 0 Å². The van der Waals surface area contributed by atoms with Crippen molar-refractivity contribution in [3.63, 3.8) is 0 Å². The second-order valence-electron chi connectivity index (χ2n) is 3.80. The molecule has 13 heavy (non-hydrogen) atoms. The van der Waals surface area contributed by atoms with Crippen molar-refractivity contribution in [2.45, 2.75) is 32.4 Å². The van der Waals surface area contributed by atoms with Gasteiger partial charge in [-0.25, -0.2) is 0 Å². The van der Waals surface area contributed by atoms with Crippen LogP contribution in [0.1, 0.15) is 20.3 Å². The summed E-state index contributed by atoms with van der Waals surface area (Å²) >= 11 is 0. The van der Waals surface area contributed by atoms with Gasteiger partial charge in [0.1, 0.15) is 0 Å². The number of carbonyl (C=O) groups is 1. The Morgan fingerprint density at radius 3 is 2.54 bits per heavy atom. The zero-order valence-electron chi connectivity index (χ0n) is 8.10. The van der Waals surface area contributed by atoms with E-state index >= 15 is 0 Å². The molecule has 2 N–H and O–H groups in total. The summed E-state index contributed by atoms with van der Waals surface area (Å²) in [4.78, 5) is 12.7. The smallest absolute Gasteiger partial charge is 0.307 e. The molecule has 0 amide bonds. The van der Waals surface area contributed by atoms with Crippen LogP contribution in [0.4, 0.5) is 0 Å². The normalized spacial score (nSPS) is 28.7. The lowest BCUT2D eigenvalue weighted by Gasteiger charge is -2.26. The molecule has 4 heteroatoms. The number of rotatable bonds is 3. The average molecular weight is 187 g/mol. The van der Waals surface area contributed by atoms with Crippen LogP contribution in [0, 0.1) is 5.92 Å². The van der Waals surface area contributed by atoms with E-state index in [9.17, 15) is 9.90 Å². The molecule has 1 aliphatic heterocycles. The molecule has 1 rings (SSSR count). The molecule has 0 spiro atoms. The molecule has 76 valence electrons. The van der Waals surface area contributed by atoms with Gasteiger partial charge in [-0.2, -0.15) is 0 Å². The molecule has 1 heterocycles. The lowest BCUT2D eigenvalue weighted by atomic mass is 10.0. The average Bonchev–Trinajstić information content (AvgIpc) is 2.49. The van der Waals surface area contributed by atoms with E-state index in [4.69, 9.17) is 5.11 Å². The topological polar surface area (TPSA) is 60.8 Å². The van der Waals surface area contributed by atoms with E-state index in [0.717, 1.165) is 13.0 Å². The molecule has 1 saturated heterocycles. The van der Waals surface area contributed by atoms with Gasteiger partial charge in [-0.3, -0.25) is 9.69 Å². The first-order chi connectivity index (χ1) is 6.02. The summed E-state index contributed by atoms with van der Waals surface area (Å²) in [5.74, 6) is -1.14. The van der Waals surface area contributed by atoms with E-state index in [1.807, 2.05) is 11.8 Å². The maximum absolute atomic E-state index is 10.7. The number of aliphatic carboxylic acids is 1. The monoisotopic (exact) mass is 187 g/mol. The van der Waals surface area contributed by atoms with Crippen molar-refractivity contribution in [3.05, 3.63) is 0 Å². The van der Waals surface area contributed by atoms with Gasteiger partial charge in [-0.1, -0.05) is 6.92 Å². The van der Waals surface area contributed by atoms with Crippen molar-refractivity contribution in [1.82, 2.24) is 4.90 Å². The van der Waals surface area contributed by atoms with E-state index in [-0.39, 0.29) is 18.1 Å². The summed E-state index contributed by atoms with van der Waals surface area (Å²) < 4.78 is 0. The molecule has 0 aromatic rings. The van der Waals surface area contributed by atoms with Gasteiger partial charge < -0.3 is 10.2 Å². The summed E-state index contributed by atoms with van der Waals surface area (Å²) in [5, 5.41) is 18.1. The fraction of sp³-hybridized carbons (Fsp3) is 0.889. The lowest BCUT2D eigenvalue weighted by Crippen LogP contribution is -2.39. The van der Waals surface area contributed by atoms with Gasteiger partial charge in [-0.15, -0.1) is 0 Å². The maximum Gasteiger partial charge on any atom is 0.307 e. The Bertz CT molecular complexity index is 195. The molecule has 1 fully saturated rings. The van der Waals surface area contributed by atoms with E-state index in [0.29, 0.717) is 6.54 Å². The Morgan fingerprint density at radius 2 is 2.15 bits per heavy atom. The number of carboxylic acids is 1. The lowest BCUT2D eigenvalue weighted by molar-refractivity contribution is -0.143. The number of hydrogen-bond acceptors (Lipinski definition) is 3.